The van der Waals surface area contributed by atoms with Gasteiger partial charge in [0.2, 0.25) is 15.9 Å². The van der Waals surface area contributed by atoms with Crippen LogP contribution < -0.4 is 10.1 Å². The molecular formula is C37H41N3O5S. The number of carbonyl (C=O) groups excluding carboxylic acids is 1. The Bertz CT molecular complexity index is 1690. The molecule has 0 unspecified atom stereocenters. The molecule has 8 nitrogen and oxygen atoms in total. The number of nitrogens with zero attached hydrogens (tertiary/aromatic N) is 2. The van der Waals surface area contributed by atoms with Gasteiger partial charge in [-0.2, -0.15) is 4.31 Å². The Balaban J connectivity index is 1.05. The largest absolute Gasteiger partial charge is 0.489 e. The van der Waals surface area contributed by atoms with Gasteiger partial charge < -0.3 is 14.8 Å². The fourth-order valence-corrected chi connectivity index (χ4v) is 7.87. The Hall–Kier alpha value is -4.02. The van der Waals surface area contributed by atoms with E-state index in [1.165, 1.54) is 0 Å². The molecule has 4 aromatic rings. The molecule has 1 N–H and O–H groups in total. The van der Waals surface area contributed by atoms with Crippen LogP contribution in [0.5, 0.6) is 5.75 Å². The topological polar surface area (TPSA) is 88.2 Å². The molecule has 0 bridgehead atoms. The number of hydrogen-bond donors (Lipinski definition) is 1. The van der Waals surface area contributed by atoms with Crippen LogP contribution in [0.2, 0.25) is 0 Å². The highest BCUT2D eigenvalue weighted by atomic mass is 32.2. The second-order valence-corrected chi connectivity index (χ2v) is 14.2. The predicted molar refractivity (Wildman–Crippen MR) is 179 cm³/mol. The highest BCUT2D eigenvalue weighted by Crippen LogP contribution is 2.36. The van der Waals surface area contributed by atoms with Gasteiger partial charge in [-0.15, -0.1) is 0 Å². The van der Waals surface area contributed by atoms with Crippen molar-refractivity contribution in [1.29, 1.82) is 0 Å². The molecule has 0 aliphatic carbocycles. The number of likely N-dealkylation sites (tertiary alicyclic amines) is 1. The van der Waals surface area contributed by atoms with Crippen molar-refractivity contribution in [3.63, 3.8) is 0 Å². The summed E-state index contributed by atoms with van der Waals surface area (Å²) in [4.78, 5) is 15.3. The Labute approximate surface area is 272 Å². The van der Waals surface area contributed by atoms with Crippen LogP contribution in [0.15, 0.2) is 114 Å². The smallest absolute Gasteiger partial charge is 0.243 e. The minimum absolute atomic E-state index is 0.0926. The number of benzene rings is 4. The van der Waals surface area contributed by atoms with Gasteiger partial charge in [0, 0.05) is 25.3 Å². The van der Waals surface area contributed by atoms with Gasteiger partial charge in [0.1, 0.15) is 12.4 Å². The van der Waals surface area contributed by atoms with Crippen LogP contribution in [0.4, 0.5) is 5.69 Å². The molecule has 0 saturated carbocycles. The van der Waals surface area contributed by atoms with Crippen molar-refractivity contribution in [1.82, 2.24) is 9.21 Å². The minimum atomic E-state index is -3.74. The molecule has 0 radical (unpaired) electrons. The van der Waals surface area contributed by atoms with Crippen molar-refractivity contribution in [3.8, 4) is 5.75 Å². The zero-order valence-electron chi connectivity index (χ0n) is 26.2. The first kappa shape index (κ1) is 31.9. The monoisotopic (exact) mass is 639 g/mol. The lowest BCUT2D eigenvalue weighted by Crippen LogP contribution is -2.62. The van der Waals surface area contributed by atoms with Gasteiger partial charge >= 0.3 is 0 Å². The third-order valence-corrected chi connectivity index (χ3v) is 10.8. The summed E-state index contributed by atoms with van der Waals surface area (Å²) < 4.78 is 42.1. The normalized spacial score (nSPS) is 18.7. The van der Waals surface area contributed by atoms with Gasteiger partial charge in [0.15, 0.2) is 0 Å². The molecule has 2 heterocycles. The third-order valence-electron chi connectivity index (χ3n) is 8.90. The van der Waals surface area contributed by atoms with Crippen LogP contribution in [0.1, 0.15) is 29.5 Å². The average molecular weight is 640 g/mol. The van der Waals surface area contributed by atoms with E-state index in [4.69, 9.17) is 9.47 Å². The van der Waals surface area contributed by atoms with Crippen molar-refractivity contribution in [2.24, 2.45) is 0 Å². The number of sulfonamides is 1. The summed E-state index contributed by atoms with van der Waals surface area (Å²) in [5.74, 6) is 0.644. The van der Waals surface area contributed by atoms with Crippen molar-refractivity contribution >= 4 is 21.6 Å². The van der Waals surface area contributed by atoms with Gasteiger partial charge in [-0.3, -0.25) is 9.69 Å². The summed E-state index contributed by atoms with van der Waals surface area (Å²) >= 11 is 0. The number of amides is 1. The van der Waals surface area contributed by atoms with Crippen LogP contribution in [-0.2, 0) is 32.6 Å². The summed E-state index contributed by atoms with van der Waals surface area (Å²) in [6, 6.07) is 34.1. The van der Waals surface area contributed by atoms with Crippen molar-refractivity contribution < 1.29 is 22.7 Å². The number of ether oxygens (including phenoxy) is 2. The van der Waals surface area contributed by atoms with Gasteiger partial charge in [-0.05, 0) is 73.7 Å². The van der Waals surface area contributed by atoms with Crippen LogP contribution in [0.25, 0.3) is 0 Å². The Morgan fingerprint density at radius 3 is 2.15 bits per heavy atom. The van der Waals surface area contributed by atoms with Crippen molar-refractivity contribution in [2.45, 2.75) is 49.3 Å². The van der Waals surface area contributed by atoms with Gasteiger partial charge in [-0.25, -0.2) is 8.42 Å². The number of rotatable bonds is 10. The SMILES string of the molecule is Cc1ccc(S(=O)(=O)N2CC3(CCN(CC(=O)Nc4ccc(OCc5ccccc5)cc4)CC3)OC[C@H]2Cc2ccccc2)cc1. The van der Waals surface area contributed by atoms with Crippen LogP contribution in [0, 0.1) is 6.92 Å². The molecule has 2 aliphatic heterocycles. The van der Waals surface area contributed by atoms with Crippen LogP contribution in [0.3, 0.4) is 0 Å². The number of anilines is 1. The molecule has 9 heteroatoms. The summed E-state index contributed by atoms with van der Waals surface area (Å²) in [7, 11) is -3.74. The van der Waals surface area contributed by atoms with Gasteiger partial charge in [0.05, 0.1) is 29.7 Å². The molecule has 1 amide bonds. The lowest BCUT2D eigenvalue weighted by atomic mass is 9.88. The number of nitrogens with one attached hydrogen (secondary N) is 1. The molecule has 240 valence electrons. The maximum Gasteiger partial charge on any atom is 0.243 e. The summed E-state index contributed by atoms with van der Waals surface area (Å²) in [5, 5.41) is 2.98. The van der Waals surface area contributed by atoms with E-state index in [0.29, 0.717) is 62.7 Å². The number of piperidine rings is 1. The molecule has 2 saturated heterocycles. The molecule has 2 aliphatic rings. The van der Waals surface area contributed by atoms with E-state index < -0.39 is 15.6 Å². The molecule has 4 aromatic carbocycles. The lowest BCUT2D eigenvalue weighted by Gasteiger charge is -2.49. The summed E-state index contributed by atoms with van der Waals surface area (Å²) in [6.07, 6.45) is 1.87. The van der Waals surface area contributed by atoms with E-state index in [-0.39, 0.29) is 18.5 Å². The summed E-state index contributed by atoms with van der Waals surface area (Å²) in [6.45, 7) is 4.58. The number of morpholine rings is 1. The molecule has 6 rings (SSSR count). The van der Waals surface area contributed by atoms with Gasteiger partial charge in [0.25, 0.3) is 0 Å². The third kappa shape index (κ3) is 7.85. The Kier molecular flexibility index (Phi) is 9.84. The molecule has 1 spiro atoms. The van der Waals surface area contributed by atoms with Gasteiger partial charge in [-0.1, -0.05) is 78.4 Å². The number of carbonyl (C=O) groups is 1. The summed E-state index contributed by atoms with van der Waals surface area (Å²) in [5.41, 5.74) is 3.30. The van der Waals surface area contributed by atoms with Crippen LogP contribution in [-0.4, -0.2) is 68.0 Å². The first-order valence-corrected chi connectivity index (χ1v) is 17.3. The van der Waals surface area contributed by atoms with E-state index in [9.17, 15) is 13.2 Å². The van der Waals surface area contributed by atoms with Crippen molar-refractivity contribution in [2.75, 3.05) is 38.1 Å². The first-order chi connectivity index (χ1) is 22.3. The highest BCUT2D eigenvalue weighted by Gasteiger charge is 2.47. The fraction of sp³-hybridized carbons (Fsp3) is 0.324. The predicted octanol–water partition coefficient (Wildman–Crippen LogP) is 5.68. The number of hydrogen-bond acceptors (Lipinski definition) is 6. The highest BCUT2D eigenvalue weighted by molar-refractivity contribution is 7.89. The second-order valence-electron chi connectivity index (χ2n) is 12.3. The lowest BCUT2D eigenvalue weighted by molar-refractivity contribution is -0.139. The maximum atomic E-state index is 14.0. The number of aryl methyl sites for hydroxylation is 1. The molecular weight excluding hydrogens is 598 g/mol. The Morgan fingerprint density at radius 2 is 1.50 bits per heavy atom. The first-order valence-electron chi connectivity index (χ1n) is 15.8. The minimum Gasteiger partial charge on any atom is -0.489 e. The standard InChI is InChI=1S/C37H41N3O5S/c1-29-12-18-35(19-13-29)46(42,43)40-28-37(45-27-33(40)24-30-8-4-2-5-9-30)20-22-39(23-21-37)25-36(41)38-32-14-16-34(17-15-32)44-26-31-10-6-3-7-11-31/h2-19,33H,20-28H2,1H3,(H,38,41)/t33-/m1/s1. The zero-order chi connectivity index (χ0) is 32.0. The molecule has 46 heavy (non-hydrogen) atoms. The zero-order valence-corrected chi connectivity index (χ0v) is 27.0. The molecule has 2 fully saturated rings. The molecule has 1 atom stereocenters. The maximum absolute atomic E-state index is 14.0. The van der Waals surface area contributed by atoms with Crippen molar-refractivity contribution in [3.05, 3.63) is 126 Å². The quantitative estimate of drug-likeness (QED) is 0.240. The Morgan fingerprint density at radius 1 is 0.870 bits per heavy atom. The van der Waals surface area contributed by atoms with E-state index >= 15 is 0 Å². The van der Waals surface area contributed by atoms with E-state index in [2.05, 4.69) is 10.2 Å². The van der Waals surface area contributed by atoms with Crippen LogP contribution >= 0.6 is 0 Å². The fourth-order valence-electron chi connectivity index (χ4n) is 6.19. The average Bonchev–Trinajstić information content (AvgIpc) is 3.07. The van der Waals surface area contributed by atoms with E-state index in [0.717, 1.165) is 22.4 Å². The van der Waals surface area contributed by atoms with E-state index in [1.807, 2.05) is 104 Å². The second kappa shape index (κ2) is 14.2. The molecule has 0 aromatic heterocycles. The van der Waals surface area contributed by atoms with E-state index in [1.54, 1.807) is 16.4 Å².